The molecule has 0 aliphatic heterocycles. The lowest BCUT2D eigenvalue weighted by atomic mass is 10.1. The molecule has 19 heavy (non-hydrogen) atoms. The van der Waals surface area contributed by atoms with Crippen LogP contribution in [0.15, 0.2) is 30.6 Å². The second kappa shape index (κ2) is 5.83. The molecule has 0 radical (unpaired) electrons. The van der Waals surface area contributed by atoms with Gasteiger partial charge < -0.3 is 10.6 Å². The monoisotopic (exact) mass is 253 g/mol. The number of hydrogen-bond donors (Lipinski definition) is 2. The molecule has 0 aliphatic carbocycles. The van der Waals surface area contributed by atoms with E-state index in [1.165, 1.54) is 6.33 Å². The van der Waals surface area contributed by atoms with Gasteiger partial charge in [-0.2, -0.15) is 5.26 Å². The van der Waals surface area contributed by atoms with Crippen molar-refractivity contribution in [3.63, 3.8) is 0 Å². The largest absolute Gasteiger partial charge is 0.370 e. The first kappa shape index (κ1) is 12.8. The minimum atomic E-state index is 0.631. The fourth-order valence-corrected chi connectivity index (χ4v) is 1.76. The molecule has 2 N–H and O–H groups in total. The van der Waals surface area contributed by atoms with Crippen LogP contribution in [0.5, 0.6) is 0 Å². The third kappa shape index (κ3) is 2.99. The molecule has 1 heterocycles. The van der Waals surface area contributed by atoms with E-state index in [2.05, 4.69) is 26.7 Å². The first-order chi connectivity index (χ1) is 9.24. The maximum atomic E-state index is 9.18. The van der Waals surface area contributed by atoms with E-state index in [9.17, 15) is 5.26 Å². The standard InChI is InChI=1S/C14H15N5/c1-3-16-13-7-14(18-9-17-13)19-12-6-4-5-10(2)11(12)8-15/h4-7,9H,3H2,1-2H3,(H2,16,17,18,19). The molecule has 5 nitrogen and oxygen atoms in total. The van der Waals surface area contributed by atoms with Crippen LogP contribution in [0.25, 0.3) is 0 Å². The van der Waals surface area contributed by atoms with E-state index in [4.69, 9.17) is 0 Å². The minimum Gasteiger partial charge on any atom is -0.370 e. The molecular formula is C14H15N5. The highest BCUT2D eigenvalue weighted by Crippen LogP contribution is 2.22. The van der Waals surface area contributed by atoms with Crippen LogP contribution in [0.3, 0.4) is 0 Å². The lowest BCUT2D eigenvalue weighted by molar-refractivity contribution is 1.11. The number of aryl methyl sites for hydroxylation is 1. The summed E-state index contributed by atoms with van der Waals surface area (Å²) in [4.78, 5) is 8.25. The normalized spacial score (nSPS) is 9.74. The molecule has 1 aromatic carbocycles. The predicted molar refractivity (Wildman–Crippen MR) is 75.4 cm³/mol. The summed E-state index contributed by atoms with van der Waals surface area (Å²) >= 11 is 0. The van der Waals surface area contributed by atoms with Gasteiger partial charge in [0.1, 0.15) is 24.0 Å². The number of hydrogen-bond acceptors (Lipinski definition) is 5. The van der Waals surface area contributed by atoms with Gasteiger partial charge in [-0.05, 0) is 25.5 Å². The smallest absolute Gasteiger partial charge is 0.135 e. The van der Waals surface area contributed by atoms with Crippen molar-refractivity contribution in [3.05, 3.63) is 41.7 Å². The number of aromatic nitrogens is 2. The molecule has 0 bridgehead atoms. The number of nitrogens with zero attached hydrogens (tertiary/aromatic N) is 3. The Morgan fingerprint density at radius 3 is 2.79 bits per heavy atom. The van der Waals surface area contributed by atoms with Crippen molar-refractivity contribution in [1.29, 1.82) is 5.26 Å². The summed E-state index contributed by atoms with van der Waals surface area (Å²) in [6.45, 7) is 4.71. The van der Waals surface area contributed by atoms with E-state index >= 15 is 0 Å². The van der Waals surface area contributed by atoms with Gasteiger partial charge >= 0.3 is 0 Å². The second-order valence-corrected chi connectivity index (χ2v) is 4.05. The van der Waals surface area contributed by atoms with Crippen LogP contribution in [0.4, 0.5) is 17.3 Å². The molecule has 0 fully saturated rings. The molecule has 0 unspecified atom stereocenters. The Balaban J connectivity index is 2.29. The number of nitriles is 1. The van der Waals surface area contributed by atoms with Crippen LogP contribution in [0.2, 0.25) is 0 Å². The number of benzene rings is 1. The van der Waals surface area contributed by atoms with Gasteiger partial charge in [0.25, 0.3) is 0 Å². The Bertz CT molecular complexity index is 615. The van der Waals surface area contributed by atoms with Crippen LogP contribution >= 0.6 is 0 Å². The molecule has 0 spiro atoms. The van der Waals surface area contributed by atoms with Crippen LogP contribution in [0.1, 0.15) is 18.1 Å². The Kier molecular flexibility index (Phi) is 3.94. The lowest BCUT2D eigenvalue weighted by Crippen LogP contribution is -2.02. The Morgan fingerprint density at radius 1 is 1.26 bits per heavy atom. The Hall–Kier alpha value is -2.61. The maximum absolute atomic E-state index is 9.18. The summed E-state index contributed by atoms with van der Waals surface area (Å²) in [5, 5.41) is 15.4. The zero-order valence-electron chi connectivity index (χ0n) is 10.9. The van der Waals surface area contributed by atoms with Gasteiger partial charge in [0.2, 0.25) is 0 Å². The topological polar surface area (TPSA) is 73.6 Å². The zero-order valence-corrected chi connectivity index (χ0v) is 10.9. The SMILES string of the molecule is CCNc1cc(Nc2cccc(C)c2C#N)ncn1. The van der Waals surface area contributed by atoms with Crippen molar-refractivity contribution in [2.24, 2.45) is 0 Å². The fraction of sp³-hybridized carbons (Fsp3) is 0.214. The van der Waals surface area contributed by atoms with E-state index in [0.717, 1.165) is 23.6 Å². The third-order valence-corrected chi connectivity index (χ3v) is 2.67. The highest BCUT2D eigenvalue weighted by molar-refractivity contribution is 5.67. The van der Waals surface area contributed by atoms with Crippen molar-refractivity contribution in [1.82, 2.24) is 9.97 Å². The van der Waals surface area contributed by atoms with E-state index in [-0.39, 0.29) is 0 Å². The van der Waals surface area contributed by atoms with Crippen molar-refractivity contribution < 1.29 is 0 Å². The van der Waals surface area contributed by atoms with Crippen molar-refractivity contribution >= 4 is 17.3 Å². The molecule has 2 aromatic rings. The van der Waals surface area contributed by atoms with Crippen molar-refractivity contribution in [2.75, 3.05) is 17.2 Å². The summed E-state index contributed by atoms with van der Waals surface area (Å²) < 4.78 is 0. The lowest BCUT2D eigenvalue weighted by Gasteiger charge is -2.10. The van der Waals surface area contributed by atoms with Gasteiger partial charge in [0.05, 0.1) is 11.3 Å². The molecule has 2 rings (SSSR count). The molecule has 1 aromatic heterocycles. The summed E-state index contributed by atoms with van der Waals surface area (Å²) in [7, 11) is 0. The molecule has 0 atom stereocenters. The van der Waals surface area contributed by atoms with Gasteiger partial charge in [-0.15, -0.1) is 0 Å². The molecule has 0 saturated heterocycles. The Labute approximate surface area is 112 Å². The van der Waals surface area contributed by atoms with Gasteiger partial charge in [0, 0.05) is 12.6 Å². The van der Waals surface area contributed by atoms with E-state index in [1.807, 2.05) is 38.1 Å². The molecule has 5 heteroatoms. The summed E-state index contributed by atoms with van der Waals surface area (Å²) in [6, 6.07) is 9.69. The van der Waals surface area contributed by atoms with Gasteiger partial charge in [-0.3, -0.25) is 0 Å². The average Bonchev–Trinajstić information content (AvgIpc) is 2.40. The number of rotatable bonds is 4. The van der Waals surface area contributed by atoms with E-state index < -0.39 is 0 Å². The average molecular weight is 253 g/mol. The highest BCUT2D eigenvalue weighted by Gasteiger charge is 2.06. The van der Waals surface area contributed by atoms with Gasteiger partial charge in [0.15, 0.2) is 0 Å². The van der Waals surface area contributed by atoms with Crippen molar-refractivity contribution in [3.8, 4) is 6.07 Å². The molecule has 0 saturated carbocycles. The molecule has 0 amide bonds. The quantitative estimate of drug-likeness (QED) is 0.876. The van der Waals surface area contributed by atoms with Crippen LogP contribution in [-0.4, -0.2) is 16.5 Å². The molecular weight excluding hydrogens is 238 g/mol. The minimum absolute atomic E-state index is 0.631. The predicted octanol–water partition coefficient (Wildman–Crippen LogP) is 2.83. The summed E-state index contributed by atoms with van der Waals surface area (Å²) in [6.07, 6.45) is 1.49. The molecule has 96 valence electrons. The summed E-state index contributed by atoms with van der Waals surface area (Å²) in [5.41, 5.74) is 2.32. The Morgan fingerprint density at radius 2 is 2.05 bits per heavy atom. The number of nitrogens with one attached hydrogen (secondary N) is 2. The van der Waals surface area contributed by atoms with Crippen molar-refractivity contribution in [2.45, 2.75) is 13.8 Å². The van der Waals surface area contributed by atoms with E-state index in [0.29, 0.717) is 11.4 Å². The first-order valence-corrected chi connectivity index (χ1v) is 6.07. The fourth-order valence-electron chi connectivity index (χ4n) is 1.76. The van der Waals surface area contributed by atoms with Crippen LogP contribution < -0.4 is 10.6 Å². The molecule has 0 aliphatic rings. The number of anilines is 3. The zero-order chi connectivity index (χ0) is 13.7. The first-order valence-electron chi connectivity index (χ1n) is 6.07. The second-order valence-electron chi connectivity index (χ2n) is 4.05. The van der Waals surface area contributed by atoms with Gasteiger partial charge in [-0.25, -0.2) is 9.97 Å². The van der Waals surface area contributed by atoms with Gasteiger partial charge in [-0.1, -0.05) is 12.1 Å². The maximum Gasteiger partial charge on any atom is 0.135 e. The van der Waals surface area contributed by atoms with E-state index in [1.54, 1.807) is 0 Å². The summed E-state index contributed by atoms with van der Waals surface area (Å²) in [5.74, 6) is 1.42. The highest BCUT2D eigenvalue weighted by atomic mass is 15.1. The van der Waals surface area contributed by atoms with Crippen LogP contribution in [-0.2, 0) is 0 Å². The third-order valence-electron chi connectivity index (χ3n) is 2.67. The van der Waals surface area contributed by atoms with Crippen LogP contribution in [0, 0.1) is 18.3 Å².